The van der Waals surface area contributed by atoms with E-state index in [2.05, 4.69) is 5.32 Å². The Hall–Kier alpha value is -0.570. The smallest absolute Gasteiger partial charge is 0.223 e. The number of rotatable bonds is 3. The molecule has 3 heteroatoms. The molecule has 0 aromatic heterocycles. The van der Waals surface area contributed by atoms with Gasteiger partial charge >= 0.3 is 0 Å². The largest absolute Gasteiger partial charge is 0.388 e. The number of fused-ring (bicyclic) bond motifs is 1. The van der Waals surface area contributed by atoms with Crippen molar-refractivity contribution in [2.45, 2.75) is 69.8 Å². The summed E-state index contributed by atoms with van der Waals surface area (Å²) in [4.78, 5) is 12.2. The van der Waals surface area contributed by atoms with Crippen molar-refractivity contribution in [2.75, 3.05) is 6.54 Å². The van der Waals surface area contributed by atoms with Gasteiger partial charge in [-0.1, -0.05) is 38.5 Å². The number of aliphatic hydroxyl groups is 1. The zero-order valence-electron chi connectivity index (χ0n) is 11.9. The average molecular weight is 265 g/mol. The number of nitrogens with one attached hydrogen (secondary N) is 1. The summed E-state index contributed by atoms with van der Waals surface area (Å²) in [5, 5.41) is 13.6. The monoisotopic (exact) mass is 265 g/mol. The van der Waals surface area contributed by atoms with Gasteiger partial charge in [0.05, 0.1) is 5.60 Å². The first-order valence-corrected chi connectivity index (χ1v) is 8.20. The first-order valence-electron chi connectivity index (χ1n) is 8.20. The van der Waals surface area contributed by atoms with Crippen molar-refractivity contribution >= 4 is 5.91 Å². The van der Waals surface area contributed by atoms with E-state index in [0.717, 1.165) is 25.7 Å². The molecule has 2 atom stereocenters. The molecule has 1 amide bonds. The van der Waals surface area contributed by atoms with Crippen LogP contribution in [0.1, 0.15) is 64.2 Å². The van der Waals surface area contributed by atoms with Crippen LogP contribution in [0.4, 0.5) is 0 Å². The van der Waals surface area contributed by atoms with Crippen LogP contribution in [0.2, 0.25) is 0 Å². The van der Waals surface area contributed by atoms with Crippen molar-refractivity contribution in [3.8, 4) is 0 Å². The summed E-state index contributed by atoms with van der Waals surface area (Å²) in [6.45, 7) is 0.474. The molecular formula is C16H27NO2. The maximum Gasteiger partial charge on any atom is 0.223 e. The molecule has 0 heterocycles. The molecule has 3 saturated carbocycles. The maximum absolute atomic E-state index is 12.2. The lowest BCUT2D eigenvalue weighted by atomic mass is 9.94. The van der Waals surface area contributed by atoms with Gasteiger partial charge in [-0.2, -0.15) is 0 Å². The average Bonchev–Trinajstić information content (AvgIpc) is 3.17. The minimum atomic E-state index is -0.633. The van der Waals surface area contributed by atoms with Crippen LogP contribution in [-0.2, 0) is 4.79 Å². The van der Waals surface area contributed by atoms with Crippen molar-refractivity contribution in [3.05, 3.63) is 0 Å². The highest BCUT2D eigenvalue weighted by molar-refractivity contribution is 5.82. The molecule has 0 aromatic rings. The second-order valence-electron chi connectivity index (χ2n) is 6.99. The third-order valence-corrected chi connectivity index (χ3v) is 5.59. The Labute approximate surface area is 116 Å². The van der Waals surface area contributed by atoms with Gasteiger partial charge in [0.25, 0.3) is 0 Å². The molecule has 2 N–H and O–H groups in total. The zero-order chi connectivity index (χ0) is 13.3. The Morgan fingerprint density at radius 2 is 1.58 bits per heavy atom. The van der Waals surface area contributed by atoms with Crippen LogP contribution in [0.5, 0.6) is 0 Å². The van der Waals surface area contributed by atoms with Gasteiger partial charge in [-0.3, -0.25) is 4.79 Å². The number of carbonyl (C=O) groups is 1. The van der Waals surface area contributed by atoms with Crippen molar-refractivity contribution in [1.29, 1.82) is 0 Å². The van der Waals surface area contributed by atoms with Gasteiger partial charge in [0.1, 0.15) is 0 Å². The lowest BCUT2D eigenvalue weighted by Crippen LogP contribution is -2.43. The lowest BCUT2D eigenvalue weighted by Gasteiger charge is -2.26. The summed E-state index contributed by atoms with van der Waals surface area (Å²) < 4.78 is 0. The van der Waals surface area contributed by atoms with Crippen molar-refractivity contribution < 1.29 is 9.90 Å². The van der Waals surface area contributed by atoms with E-state index in [4.69, 9.17) is 0 Å². The van der Waals surface area contributed by atoms with Crippen molar-refractivity contribution in [1.82, 2.24) is 5.32 Å². The van der Waals surface area contributed by atoms with E-state index in [1.807, 2.05) is 0 Å². The summed E-state index contributed by atoms with van der Waals surface area (Å²) in [5.74, 6) is 1.82. The molecule has 3 rings (SSSR count). The summed E-state index contributed by atoms with van der Waals surface area (Å²) >= 11 is 0. The quantitative estimate of drug-likeness (QED) is 0.771. The minimum absolute atomic E-state index is 0.217. The van der Waals surface area contributed by atoms with Crippen LogP contribution in [0, 0.1) is 17.8 Å². The summed E-state index contributed by atoms with van der Waals surface area (Å²) in [7, 11) is 0. The van der Waals surface area contributed by atoms with Crippen LogP contribution < -0.4 is 5.32 Å². The Morgan fingerprint density at radius 3 is 2.16 bits per heavy atom. The van der Waals surface area contributed by atoms with E-state index in [0.29, 0.717) is 18.4 Å². The SMILES string of the molecule is O=C(NCC1(O)CCCCCC1)C1C2CCCCC21. The topological polar surface area (TPSA) is 49.3 Å². The Bertz CT molecular complexity index is 322. The molecule has 0 bridgehead atoms. The first kappa shape index (κ1) is 13.4. The standard InChI is InChI=1S/C16H27NO2/c18-15(14-12-7-3-4-8-13(12)14)17-11-16(19)9-5-1-2-6-10-16/h12-14,19H,1-11H2,(H,17,18). The predicted molar refractivity (Wildman–Crippen MR) is 74.6 cm³/mol. The van der Waals surface area contributed by atoms with Crippen LogP contribution in [0.3, 0.4) is 0 Å². The molecule has 3 nitrogen and oxygen atoms in total. The van der Waals surface area contributed by atoms with Gasteiger partial charge in [0.2, 0.25) is 5.91 Å². The first-order chi connectivity index (χ1) is 9.20. The van der Waals surface area contributed by atoms with E-state index < -0.39 is 5.60 Å². The highest BCUT2D eigenvalue weighted by Crippen LogP contribution is 2.55. The van der Waals surface area contributed by atoms with Crippen molar-refractivity contribution in [3.63, 3.8) is 0 Å². The van der Waals surface area contributed by atoms with Crippen LogP contribution in [0.15, 0.2) is 0 Å². The molecule has 2 unspecified atom stereocenters. The molecule has 3 aliphatic rings. The molecule has 3 aliphatic carbocycles. The predicted octanol–water partition coefficient (Wildman–Crippen LogP) is 2.62. The van der Waals surface area contributed by atoms with E-state index in [1.54, 1.807) is 0 Å². The Balaban J connectivity index is 1.47. The van der Waals surface area contributed by atoms with Gasteiger partial charge in [0.15, 0.2) is 0 Å². The van der Waals surface area contributed by atoms with Gasteiger partial charge < -0.3 is 10.4 Å². The van der Waals surface area contributed by atoms with Crippen LogP contribution in [-0.4, -0.2) is 23.2 Å². The van der Waals surface area contributed by atoms with Crippen LogP contribution in [0.25, 0.3) is 0 Å². The second-order valence-corrected chi connectivity index (χ2v) is 6.99. The fourth-order valence-electron chi connectivity index (χ4n) is 4.31. The fraction of sp³-hybridized carbons (Fsp3) is 0.938. The van der Waals surface area contributed by atoms with E-state index in [1.165, 1.54) is 38.5 Å². The number of carbonyl (C=O) groups excluding carboxylic acids is 1. The van der Waals surface area contributed by atoms with Gasteiger partial charge in [-0.25, -0.2) is 0 Å². The molecule has 0 radical (unpaired) electrons. The van der Waals surface area contributed by atoms with Crippen molar-refractivity contribution in [2.24, 2.45) is 17.8 Å². The van der Waals surface area contributed by atoms with Crippen LogP contribution >= 0.6 is 0 Å². The zero-order valence-corrected chi connectivity index (χ0v) is 11.9. The third kappa shape index (κ3) is 2.96. The number of amides is 1. The summed E-state index contributed by atoms with van der Waals surface area (Å²) in [6, 6.07) is 0. The van der Waals surface area contributed by atoms with Gasteiger partial charge in [-0.15, -0.1) is 0 Å². The Morgan fingerprint density at radius 1 is 1.00 bits per heavy atom. The van der Waals surface area contributed by atoms with E-state index >= 15 is 0 Å². The summed E-state index contributed by atoms with van der Waals surface area (Å²) in [6.07, 6.45) is 11.4. The maximum atomic E-state index is 12.2. The number of hydrogen-bond acceptors (Lipinski definition) is 2. The molecule has 0 saturated heterocycles. The molecule has 0 aliphatic heterocycles. The molecule has 0 aromatic carbocycles. The molecule has 0 spiro atoms. The van der Waals surface area contributed by atoms with E-state index in [-0.39, 0.29) is 11.8 Å². The third-order valence-electron chi connectivity index (χ3n) is 5.59. The molecule has 3 fully saturated rings. The molecular weight excluding hydrogens is 238 g/mol. The minimum Gasteiger partial charge on any atom is -0.388 e. The Kier molecular flexibility index (Phi) is 3.84. The van der Waals surface area contributed by atoms with Gasteiger partial charge in [0, 0.05) is 12.5 Å². The van der Waals surface area contributed by atoms with Gasteiger partial charge in [-0.05, 0) is 37.5 Å². The highest BCUT2D eigenvalue weighted by Gasteiger charge is 2.54. The van der Waals surface area contributed by atoms with E-state index in [9.17, 15) is 9.90 Å². The molecule has 108 valence electrons. The second kappa shape index (κ2) is 5.43. The number of hydrogen-bond donors (Lipinski definition) is 2. The fourth-order valence-corrected chi connectivity index (χ4v) is 4.31. The lowest BCUT2D eigenvalue weighted by molar-refractivity contribution is -0.124. The summed E-state index contributed by atoms with van der Waals surface area (Å²) in [5.41, 5.74) is -0.633. The highest BCUT2D eigenvalue weighted by atomic mass is 16.3. The molecule has 19 heavy (non-hydrogen) atoms. The normalized spacial score (nSPS) is 37.0.